The molecule has 0 aliphatic rings. The SMILES string of the molecule is c1ccc(-c2ccc(N(c3ccc4c(ccc5c4sc4c6ccccc6c6[nH]c7ccccc7c6c54)c3)c3cc(-c4ccccn4)c4c(c3)sc3ccccc34)cn2)cc1. The maximum atomic E-state index is 5.04. The zero-order chi connectivity index (χ0) is 39.3. The van der Waals surface area contributed by atoms with Crippen LogP contribution in [0, 0.1) is 0 Å². The Hall–Kier alpha value is -7.38. The number of nitrogens with one attached hydrogen (secondary N) is 1. The second kappa shape index (κ2) is 13.1. The van der Waals surface area contributed by atoms with E-state index in [0.717, 1.165) is 39.6 Å². The van der Waals surface area contributed by atoms with E-state index in [9.17, 15) is 0 Å². The van der Waals surface area contributed by atoms with Crippen molar-refractivity contribution in [1.29, 1.82) is 0 Å². The first-order chi connectivity index (χ1) is 29.7. The number of para-hydroxylation sites is 1. The summed E-state index contributed by atoms with van der Waals surface area (Å²) in [5, 5.41) is 12.7. The summed E-state index contributed by atoms with van der Waals surface area (Å²) in [6.07, 6.45) is 3.89. The van der Waals surface area contributed by atoms with Crippen molar-refractivity contribution in [2.75, 3.05) is 4.90 Å². The highest BCUT2D eigenvalue weighted by molar-refractivity contribution is 7.28. The van der Waals surface area contributed by atoms with Crippen LogP contribution in [-0.4, -0.2) is 15.0 Å². The topological polar surface area (TPSA) is 44.8 Å². The fraction of sp³-hybridized carbons (Fsp3) is 0. The van der Waals surface area contributed by atoms with Gasteiger partial charge in [-0.15, -0.1) is 22.7 Å². The molecule has 0 saturated carbocycles. The molecule has 0 bridgehead atoms. The molecule has 13 rings (SSSR count). The minimum atomic E-state index is 0.941. The van der Waals surface area contributed by atoms with E-state index >= 15 is 0 Å². The molecule has 0 unspecified atom stereocenters. The van der Waals surface area contributed by atoms with Gasteiger partial charge in [-0.1, -0.05) is 115 Å². The van der Waals surface area contributed by atoms with Crippen molar-refractivity contribution in [2.24, 2.45) is 0 Å². The standard InChI is InChI=1S/C54H32N4S2/c1-2-12-32(13-3-1)44-26-23-35(31-56-44)58(36-29-43(45-18-10-11-27-55-45)49-41-17-7-9-20-47(41)59-48(49)30-36)34-22-25-37-33(28-34)21-24-42-51-50-40-16-6-8-19-46(40)57-52(50)38-14-4-5-15-39(38)54(51)60-53(37)42/h1-31,57H. The number of benzene rings is 8. The zero-order valence-electron chi connectivity index (χ0n) is 32.1. The molecular formula is C54H32N4S2. The van der Waals surface area contributed by atoms with Gasteiger partial charge >= 0.3 is 0 Å². The van der Waals surface area contributed by atoms with Gasteiger partial charge in [-0.05, 0) is 71.4 Å². The highest BCUT2D eigenvalue weighted by Gasteiger charge is 2.22. The number of thiophene rings is 2. The fourth-order valence-electron chi connectivity index (χ4n) is 9.39. The van der Waals surface area contributed by atoms with E-state index < -0.39 is 0 Å². The van der Waals surface area contributed by atoms with Crippen molar-refractivity contribution in [1.82, 2.24) is 15.0 Å². The number of rotatable bonds is 5. The first-order valence-electron chi connectivity index (χ1n) is 20.1. The summed E-state index contributed by atoms with van der Waals surface area (Å²) < 4.78 is 5.12. The molecule has 5 aromatic heterocycles. The largest absolute Gasteiger partial charge is 0.354 e. The molecule has 0 aliphatic carbocycles. The first-order valence-corrected chi connectivity index (χ1v) is 21.8. The smallest absolute Gasteiger partial charge is 0.0709 e. The Kier molecular flexibility index (Phi) is 7.31. The molecule has 4 nitrogen and oxygen atoms in total. The summed E-state index contributed by atoms with van der Waals surface area (Å²) in [5.41, 5.74) is 9.58. The van der Waals surface area contributed by atoms with E-state index in [2.05, 4.69) is 174 Å². The average Bonchev–Trinajstić information content (AvgIpc) is 4.02. The second-order valence-electron chi connectivity index (χ2n) is 15.4. The van der Waals surface area contributed by atoms with Crippen LogP contribution in [0.3, 0.4) is 0 Å². The van der Waals surface area contributed by atoms with Gasteiger partial charge in [-0.25, -0.2) is 0 Å². The number of pyridine rings is 2. The maximum absolute atomic E-state index is 5.04. The van der Waals surface area contributed by atoms with Crippen molar-refractivity contribution in [3.63, 3.8) is 0 Å². The van der Waals surface area contributed by atoms with E-state index in [1.54, 1.807) is 0 Å². The average molecular weight is 801 g/mol. The lowest BCUT2D eigenvalue weighted by atomic mass is 9.98. The molecule has 0 amide bonds. The van der Waals surface area contributed by atoms with Crippen LogP contribution in [0.15, 0.2) is 188 Å². The Bertz CT molecular complexity index is 3830. The highest BCUT2D eigenvalue weighted by atomic mass is 32.1. The number of nitrogens with zero attached hydrogens (tertiary/aromatic N) is 3. The molecule has 6 heteroatoms. The van der Waals surface area contributed by atoms with Gasteiger partial charge in [0.15, 0.2) is 0 Å². The van der Waals surface area contributed by atoms with E-state index in [1.165, 1.54) is 83.7 Å². The monoisotopic (exact) mass is 800 g/mol. The summed E-state index contributed by atoms with van der Waals surface area (Å²) in [4.78, 5) is 16.1. The van der Waals surface area contributed by atoms with Gasteiger partial charge in [0.1, 0.15) is 0 Å². The number of H-pyrrole nitrogens is 1. The number of hydrogen-bond donors (Lipinski definition) is 1. The van der Waals surface area contributed by atoms with E-state index in [0.29, 0.717) is 0 Å². The van der Waals surface area contributed by atoms with Gasteiger partial charge in [-0.2, -0.15) is 0 Å². The predicted octanol–water partition coefficient (Wildman–Crippen LogP) is 16.0. The highest BCUT2D eigenvalue weighted by Crippen LogP contribution is 2.49. The minimum Gasteiger partial charge on any atom is -0.354 e. The van der Waals surface area contributed by atoms with Crippen LogP contribution in [0.2, 0.25) is 0 Å². The Morgan fingerprint density at radius 3 is 2.05 bits per heavy atom. The van der Waals surface area contributed by atoms with Gasteiger partial charge < -0.3 is 9.88 Å². The van der Waals surface area contributed by atoms with Crippen molar-refractivity contribution in [2.45, 2.75) is 0 Å². The van der Waals surface area contributed by atoms with Crippen molar-refractivity contribution >= 4 is 123 Å². The van der Waals surface area contributed by atoms with Crippen LogP contribution in [0.25, 0.3) is 106 Å². The Labute approximate surface area is 352 Å². The Morgan fingerprint density at radius 1 is 0.433 bits per heavy atom. The lowest BCUT2D eigenvalue weighted by Gasteiger charge is -2.26. The molecule has 280 valence electrons. The molecule has 13 aromatic rings. The lowest BCUT2D eigenvalue weighted by molar-refractivity contribution is 1.23. The van der Waals surface area contributed by atoms with Crippen LogP contribution in [0.5, 0.6) is 0 Å². The summed E-state index contributed by atoms with van der Waals surface area (Å²) in [7, 11) is 0. The zero-order valence-corrected chi connectivity index (χ0v) is 33.7. The number of fused-ring (bicyclic) bond motifs is 15. The summed E-state index contributed by atoms with van der Waals surface area (Å²) in [5.74, 6) is 0. The molecule has 60 heavy (non-hydrogen) atoms. The Balaban J connectivity index is 1.05. The second-order valence-corrected chi connectivity index (χ2v) is 17.5. The van der Waals surface area contributed by atoms with E-state index in [1.807, 2.05) is 47.2 Å². The fourth-order valence-corrected chi connectivity index (χ4v) is 11.9. The molecule has 5 heterocycles. The van der Waals surface area contributed by atoms with Crippen LogP contribution < -0.4 is 4.90 Å². The molecule has 0 saturated heterocycles. The normalized spacial score (nSPS) is 12.0. The van der Waals surface area contributed by atoms with Gasteiger partial charge in [-0.3, -0.25) is 9.97 Å². The van der Waals surface area contributed by atoms with Crippen LogP contribution >= 0.6 is 22.7 Å². The van der Waals surface area contributed by atoms with Crippen molar-refractivity contribution < 1.29 is 0 Å². The van der Waals surface area contributed by atoms with E-state index in [4.69, 9.17) is 9.97 Å². The minimum absolute atomic E-state index is 0.941. The third-order valence-electron chi connectivity index (χ3n) is 12.0. The predicted molar refractivity (Wildman–Crippen MR) is 258 cm³/mol. The number of hydrogen-bond acceptors (Lipinski definition) is 5. The molecular weight excluding hydrogens is 769 g/mol. The molecule has 0 fully saturated rings. The van der Waals surface area contributed by atoms with Gasteiger partial charge in [0, 0.05) is 96.1 Å². The first kappa shape index (κ1) is 33.6. The number of anilines is 3. The van der Waals surface area contributed by atoms with Crippen LogP contribution in [-0.2, 0) is 0 Å². The lowest BCUT2D eigenvalue weighted by Crippen LogP contribution is -2.10. The molecule has 0 atom stereocenters. The van der Waals surface area contributed by atoms with Crippen molar-refractivity contribution in [3.05, 3.63) is 188 Å². The third kappa shape index (κ3) is 5.02. The number of aromatic nitrogens is 3. The summed E-state index contributed by atoms with van der Waals surface area (Å²) in [6, 6.07) is 63.4. The quantitative estimate of drug-likeness (QED) is 0.189. The third-order valence-corrected chi connectivity index (χ3v) is 14.4. The Morgan fingerprint density at radius 2 is 1.20 bits per heavy atom. The molecule has 0 spiro atoms. The number of aromatic amines is 1. The molecule has 0 aliphatic heterocycles. The molecule has 0 radical (unpaired) electrons. The van der Waals surface area contributed by atoms with Gasteiger partial charge in [0.05, 0.1) is 28.8 Å². The van der Waals surface area contributed by atoms with Gasteiger partial charge in [0.25, 0.3) is 0 Å². The molecule has 8 aromatic carbocycles. The summed E-state index contributed by atoms with van der Waals surface area (Å²) in [6.45, 7) is 0. The van der Waals surface area contributed by atoms with Crippen LogP contribution in [0.1, 0.15) is 0 Å². The maximum Gasteiger partial charge on any atom is 0.0709 e. The van der Waals surface area contributed by atoms with E-state index in [-0.39, 0.29) is 0 Å². The van der Waals surface area contributed by atoms with Gasteiger partial charge in [0.2, 0.25) is 0 Å². The van der Waals surface area contributed by atoms with Crippen LogP contribution in [0.4, 0.5) is 17.1 Å². The van der Waals surface area contributed by atoms with Crippen molar-refractivity contribution in [3.8, 4) is 22.5 Å². The molecule has 1 N–H and O–H groups in total. The summed E-state index contributed by atoms with van der Waals surface area (Å²) >= 11 is 3.74.